The predicted molar refractivity (Wildman–Crippen MR) is 86.3 cm³/mol. The van der Waals surface area contributed by atoms with E-state index in [0.29, 0.717) is 5.92 Å². The van der Waals surface area contributed by atoms with E-state index < -0.39 is 23.8 Å². The summed E-state index contributed by atoms with van der Waals surface area (Å²) < 4.78 is 31.8. The van der Waals surface area contributed by atoms with Crippen LogP contribution in [0.3, 0.4) is 0 Å². The van der Waals surface area contributed by atoms with Crippen molar-refractivity contribution in [2.24, 2.45) is 5.92 Å². The van der Waals surface area contributed by atoms with Crippen LogP contribution in [0.25, 0.3) is 0 Å². The van der Waals surface area contributed by atoms with Crippen LogP contribution >= 0.6 is 0 Å². The number of aliphatic hydroxyl groups excluding tert-OH is 1. The molecule has 1 amide bonds. The molecule has 0 aromatic heterocycles. The number of amides is 1. The Labute approximate surface area is 141 Å². The minimum Gasteiger partial charge on any atom is -0.386 e. The minimum atomic E-state index is -1.13. The fraction of sp³-hybridized carbons (Fsp3) is 0.611. The normalized spacial score (nSPS) is 23.5. The number of hydrogen-bond donors (Lipinski definition) is 2. The number of rotatable bonds is 6. The smallest absolute Gasteiger partial charge is 0.246 e. The molecule has 0 aliphatic heterocycles. The highest BCUT2D eigenvalue weighted by Gasteiger charge is 2.22. The quantitative estimate of drug-likeness (QED) is 0.836. The Kier molecular flexibility index (Phi) is 6.69. The van der Waals surface area contributed by atoms with Crippen LogP contribution in [0.4, 0.5) is 8.78 Å². The van der Waals surface area contributed by atoms with Crippen LogP contribution in [0.2, 0.25) is 0 Å². The molecule has 1 fully saturated rings. The summed E-state index contributed by atoms with van der Waals surface area (Å²) in [6.45, 7) is 3.72. The number of aliphatic hydroxyl groups is 1. The first-order chi connectivity index (χ1) is 11.4. The standard InChI is InChI=1S/C18H25F2NO3/c1-11-4-3-5-14(8-11)24-10-17(22)21-12(2)18(23)13-6-7-15(19)16(20)9-13/h6-7,9,11-12,14,18,23H,3-5,8,10H2,1-2H3,(H,21,22). The van der Waals surface area contributed by atoms with Gasteiger partial charge in [0.15, 0.2) is 11.6 Å². The minimum absolute atomic E-state index is 0.0633. The van der Waals surface area contributed by atoms with Crippen molar-refractivity contribution in [2.45, 2.75) is 57.8 Å². The molecule has 4 unspecified atom stereocenters. The van der Waals surface area contributed by atoms with E-state index in [1.54, 1.807) is 6.92 Å². The zero-order chi connectivity index (χ0) is 17.7. The van der Waals surface area contributed by atoms with Gasteiger partial charge in [-0.1, -0.05) is 25.8 Å². The van der Waals surface area contributed by atoms with Crippen molar-refractivity contribution >= 4 is 5.91 Å². The molecule has 1 aliphatic carbocycles. The molecule has 6 heteroatoms. The highest BCUT2D eigenvalue weighted by Crippen LogP contribution is 2.25. The van der Waals surface area contributed by atoms with Crippen molar-refractivity contribution < 1.29 is 23.4 Å². The van der Waals surface area contributed by atoms with Crippen LogP contribution in [0.15, 0.2) is 18.2 Å². The molecule has 1 aromatic rings. The maximum absolute atomic E-state index is 13.2. The Balaban J connectivity index is 1.80. The van der Waals surface area contributed by atoms with Crippen LogP contribution in [-0.2, 0) is 9.53 Å². The van der Waals surface area contributed by atoms with Gasteiger partial charge in [-0.3, -0.25) is 4.79 Å². The summed E-state index contributed by atoms with van der Waals surface area (Å²) >= 11 is 0. The first-order valence-electron chi connectivity index (χ1n) is 8.40. The van der Waals surface area contributed by atoms with Gasteiger partial charge in [0.2, 0.25) is 5.91 Å². The van der Waals surface area contributed by atoms with Crippen molar-refractivity contribution in [1.29, 1.82) is 0 Å². The third-order valence-corrected chi connectivity index (χ3v) is 4.49. The highest BCUT2D eigenvalue weighted by atomic mass is 19.2. The molecule has 1 aliphatic rings. The van der Waals surface area contributed by atoms with E-state index >= 15 is 0 Å². The lowest BCUT2D eigenvalue weighted by atomic mass is 9.89. The molecule has 1 saturated carbocycles. The first-order valence-corrected chi connectivity index (χ1v) is 8.40. The van der Waals surface area contributed by atoms with Crippen molar-refractivity contribution in [3.05, 3.63) is 35.4 Å². The van der Waals surface area contributed by atoms with Crippen molar-refractivity contribution in [2.75, 3.05) is 6.61 Å². The third-order valence-electron chi connectivity index (χ3n) is 4.49. The molecular weight excluding hydrogens is 316 g/mol. The molecule has 1 aromatic carbocycles. The lowest BCUT2D eigenvalue weighted by molar-refractivity contribution is -0.130. The number of halogens is 2. The molecule has 0 radical (unpaired) electrons. The summed E-state index contributed by atoms with van der Waals surface area (Å²) in [6, 6.07) is 2.54. The summed E-state index contributed by atoms with van der Waals surface area (Å²) in [6.07, 6.45) is 3.21. The molecule has 4 atom stereocenters. The summed E-state index contributed by atoms with van der Waals surface area (Å²) in [5, 5.41) is 12.8. The molecule has 0 spiro atoms. The maximum atomic E-state index is 13.2. The third kappa shape index (κ3) is 5.24. The van der Waals surface area contributed by atoms with Gasteiger partial charge in [-0.05, 0) is 43.4 Å². The van der Waals surface area contributed by atoms with Crippen molar-refractivity contribution in [3.63, 3.8) is 0 Å². The van der Waals surface area contributed by atoms with Gasteiger partial charge in [-0.25, -0.2) is 8.78 Å². The van der Waals surface area contributed by atoms with Gasteiger partial charge in [-0.15, -0.1) is 0 Å². The van der Waals surface area contributed by atoms with Crippen molar-refractivity contribution in [3.8, 4) is 0 Å². The van der Waals surface area contributed by atoms with Gasteiger partial charge in [0.05, 0.1) is 18.2 Å². The van der Waals surface area contributed by atoms with Crippen molar-refractivity contribution in [1.82, 2.24) is 5.32 Å². The number of benzene rings is 1. The van der Waals surface area contributed by atoms with E-state index in [4.69, 9.17) is 4.74 Å². The van der Waals surface area contributed by atoms with E-state index in [9.17, 15) is 18.7 Å². The van der Waals surface area contributed by atoms with Crippen LogP contribution in [0.5, 0.6) is 0 Å². The van der Waals surface area contributed by atoms with Gasteiger partial charge in [0, 0.05) is 0 Å². The van der Waals surface area contributed by atoms with Crippen LogP contribution in [0.1, 0.15) is 51.2 Å². The molecule has 0 heterocycles. The largest absolute Gasteiger partial charge is 0.386 e. The zero-order valence-corrected chi connectivity index (χ0v) is 14.1. The fourth-order valence-corrected chi connectivity index (χ4v) is 3.08. The maximum Gasteiger partial charge on any atom is 0.246 e. The Morgan fingerprint density at radius 3 is 2.79 bits per heavy atom. The average Bonchev–Trinajstić information content (AvgIpc) is 2.55. The summed E-state index contributed by atoms with van der Waals surface area (Å²) in [4.78, 5) is 12.0. The molecule has 0 saturated heterocycles. The number of ether oxygens (including phenoxy) is 1. The highest BCUT2D eigenvalue weighted by molar-refractivity contribution is 5.77. The average molecular weight is 341 g/mol. The lowest BCUT2D eigenvalue weighted by Gasteiger charge is -2.27. The first kappa shape index (κ1) is 18.8. The topological polar surface area (TPSA) is 58.6 Å². The van der Waals surface area contributed by atoms with Crippen LogP contribution in [-0.4, -0.2) is 29.8 Å². The fourth-order valence-electron chi connectivity index (χ4n) is 3.08. The predicted octanol–water partition coefficient (Wildman–Crippen LogP) is 3.10. The second-order valence-corrected chi connectivity index (χ2v) is 6.68. The number of carbonyl (C=O) groups is 1. The van der Waals surface area contributed by atoms with Gasteiger partial charge in [-0.2, -0.15) is 0 Å². The molecule has 134 valence electrons. The van der Waals surface area contributed by atoms with Crippen LogP contribution in [0, 0.1) is 17.6 Å². The molecule has 0 bridgehead atoms. The molecule has 2 N–H and O–H groups in total. The van der Waals surface area contributed by atoms with Gasteiger partial charge < -0.3 is 15.2 Å². The van der Waals surface area contributed by atoms with E-state index in [1.807, 2.05) is 0 Å². The second kappa shape index (κ2) is 8.53. The Morgan fingerprint density at radius 2 is 2.12 bits per heavy atom. The van der Waals surface area contributed by atoms with E-state index in [1.165, 1.54) is 12.5 Å². The van der Waals surface area contributed by atoms with Gasteiger partial charge >= 0.3 is 0 Å². The molecule has 24 heavy (non-hydrogen) atoms. The SMILES string of the molecule is CC1CCCC(OCC(=O)NC(C)C(O)c2ccc(F)c(F)c2)C1. The van der Waals surface area contributed by atoms with Crippen LogP contribution < -0.4 is 5.32 Å². The molecule has 2 rings (SSSR count). The molecular formula is C18H25F2NO3. The summed E-state index contributed by atoms with van der Waals surface area (Å²) in [5.41, 5.74) is 0.212. The monoisotopic (exact) mass is 341 g/mol. The number of hydrogen-bond acceptors (Lipinski definition) is 3. The summed E-state index contributed by atoms with van der Waals surface area (Å²) in [5.74, 6) is -1.72. The Hall–Kier alpha value is -1.53. The molecule has 4 nitrogen and oxygen atoms in total. The lowest BCUT2D eigenvalue weighted by Crippen LogP contribution is -2.40. The van der Waals surface area contributed by atoms with Gasteiger partial charge in [0.1, 0.15) is 6.61 Å². The zero-order valence-electron chi connectivity index (χ0n) is 14.1. The summed E-state index contributed by atoms with van der Waals surface area (Å²) in [7, 11) is 0. The Bertz CT molecular complexity index is 567. The number of nitrogens with one attached hydrogen (secondary N) is 1. The van der Waals surface area contributed by atoms with E-state index in [0.717, 1.165) is 31.4 Å². The second-order valence-electron chi connectivity index (χ2n) is 6.68. The van der Waals surface area contributed by atoms with E-state index in [-0.39, 0.29) is 24.2 Å². The number of carbonyl (C=O) groups excluding carboxylic acids is 1. The Morgan fingerprint density at radius 1 is 1.38 bits per heavy atom. The van der Waals surface area contributed by atoms with E-state index in [2.05, 4.69) is 12.2 Å². The van der Waals surface area contributed by atoms with Gasteiger partial charge in [0.25, 0.3) is 0 Å².